The molecular formula is C5H7F5O3S. The lowest BCUT2D eigenvalue weighted by molar-refractivity contribution is -0.284. The predicted molar refractivity (Wildman–Crippen MR) is 36.7 cm³/mol. The molecule has 1 N–H and O–H groups in total. The average molecular weight is 242 g/mol. The molecule has 0 saturated carbocycles. The molecule has 86 valence electrons. The molecule has 3 nitrogen and oxygen atoms in total. The van der Waals surface area contributed by atoms with Gasteiger partial charge in [-0.05, 0) is 6.42 Å². The van der Waals surface area contributed by atoms with E-state index in [4.69, 9.17) is 4.55 Å². The number of hydrogen-bond donors (Lipinski definition) is 1. The van der Waals surface area contributed by atoms with E-state index in [9.17, 15) is 30.4 Å². The summed E-state index contributed by atoms with van der Waals surface area (Å²) in [7, 11) is -4.49. The zero-order valence-corrected chi connectivity index (χ0v) is 7.50. The Labute approximate surface area is 76.7 Å². The second-order valence-corrected chi connectivity index (χ2v) is 4.16. The summed E-state index contributed by atoms with van der Waals surface area (Å²) in [4.78, 5) is 0. The van der Waals surface area contributed by atoms with Crippen LogP contribution in [0.3, 0.4) is 0 Å². The third-order valence-electron chi connectivity index (χ3n) is 1.31. The summed E-state index contributed by atoms with van der Waals surface area (Å²) in [6.07, 6.45) is -8.30. The van der Waals surface area contributed by atoms with E-state index in [2.05, 4.69) is 0 Å². The molecular weight excluding hydrogens is 235 g/mol. The second-order valence-electron chi connectivity index (χ2n) is 2.59. The molecule has 0 radical (unpaired) electrons. The quantitative estimate of drug-likeness (QED) is 0.604. The molecule has 14 heavy (non-hydrogen) atoms. The standard InChI is InChI=1S/C5H7F5O3S/c6-4(7,5(8,9)10)2-1-3-14(11,12)13/h1-3H2,(H,11,12,13). The molecule has 0 aliphatic rings. The van der Waals surface area contributed by atoms with Crippen LogP contribution in [0.5, 0.6) is 0 Å². The molecule has 0 fully saturated rings. The van der Waals surface area contributed by atoms with E-state index in [-0.39, 0.29) is 0 Å². The SMILES string of the molecule is O=S(=O)(O)CCCC(F)(F)C(F)(F)F. The lowest BCUT2D eigenvalue weighted by Gasteiger charge is -2.18. The summed E-state index contributed by atoms with van der Waals surface area (Å²) in [5.74, 6) is -6.03. The normalized spacial score (nSPS) is 14.4. The van der Waals surface area contributed by atoms with Gasteiger partial charge in [-0.1, -0.05) is 0 Å². The molecule has 0 aromatic carbocycles. The zero-order chi connectivity index (χ0) is 11.6. The highest BCUT2D eigenvalue weighted by Crippen LogP contribution is 2.38. The van der Waals surface area contributed by atoms with Gasteiger partial charge in [-0.3, -0.25) is 4.55 Å². The molecule has 0 unspecified atom stereocenters. The van der Waals surface area contributed by atoms with Gasteiger partial charge < -0.3 is 0 Å². The molecule has 0 aliphatic carbocycles. The fraction of sp³-hybridized carbons (Fsp3) is 1.00. The van der Waals surface area contributed by atoms with Crippen LogP contribution in [0.2, 0.25) is 0 Å². The zero-order valence-electron chi connectivity index (χ0n) is 6.68. The Kier molecular flexibility index (Phi) is 3.85. The van der Waals surface area contributed by atoms with Crippen LogP contribution in [0, 0.1) is 0 Å². The van der Waals surface area contributed by atoms with Crippen LogP contribution in [-0.2, 0) is 10.1 Å². The van der Waals surface area contributed by atoms with Crippen molar-refractivity contribution in [2.24, 2.45) is 0 Å². The number of hydrogen-bond acceptors (Lipinski definition) is 2. The van der Waals surface area contributed by atoms with Gasteiger partial charge in [0, 0.05) is 6.42 Å². The first-order chi connectivity index (χ1) is 5.96. The molecule has 0 rings (SSSR count). The minimum atomic E-state index is -5.69. The van der Waals surface area contributed by atoms with Gasteiger partial charge in [0.2, 0.25) is 0 Å². The minimum absolute atomic E-state index is 0.953. The van der Waals surface area contributed by atoms with Gasteiger partial charge in [-0.25, -0.2) is 0 Å². The molecule has 0 atom stereocenters. The van der Waals surface area contributed by atoms with Crippen LogP contribution in [0.4, 0.5) is 22.0 Å². The summed E-state index contributed by atoms with van der Waals surface area (Å²) in [5, 5.41) is 0. The summed E-state index contributed by atoms with van der Waals surface area (Å²) >= 11 is 0. The van der Waals surface area contributed by atoms with Crippen LogP contribution < -0.4 is 0 Å². The van der Waals surface area contributed by atoms with Gasteiger partial charge in [0.1, 0.15) is 0 Å². The van der Waals surface area contributed by atoms with Crippen LogP contribution in [-0.4, -0.2) is 30.8 Å². The Bertz CT molecular complexity index is 280. The van der Waals surface area contributed by atoms with Gasteiger partial charge >= 0.3 is 12.1 Å². The fourth-order valence-electron chi connectivity index (χ4n) is 0.618. The second kappa shape index (κ2) is 3.97. The van der Waals surface area contributed by atoms with Gasteiger partial charge in [0.05, 0.1) is 5.75 Å². The highest BCUT2D eigenvalue weighted by molar-refractivity contribution is 7.85. The first-order valence-corrected chi connectivity index (χ1v) is 4.96. The maximum absolute atomic E-state index is 12.1. The Morgan fingerprint density at radius 2 is 1.50 bits per heavy atom. The van der Waals surface area contributed by atoms with E-state index in [1.54, 1.807) is 0 Å². The smallest absolute Gasteiger partial charge is 0.286 e. The van der Waals surface area contributed by atoms with E-state index in [1.165, 1.54) is 0 Å². The third kappa shape index (κ3) is 4.70. The van der Waals surface area contributed by atoms with Crippen molar-refractivity contribution in [2.75, 3.05) is 5.75 Å². The Hall–Kier alpha value is -0.440. The van der Waals surface area contributed by atoms with Crippen molar-refractivity contribution in [1.82, 2.24) is 0 Å². The van der Waals surface area contributed by atoms with Crippen molar-refractivity contribution >= 4 is 10.1 Å². The van der Waals surface area contributed by atoms with Crippen molar-refractivity contribution < 1.29 is 34.9 Å². The van der Waals surface area contributed by atoms with Gasteiger partial charge in [-0.15, -0.1) is 0 Å². The summed E-state index contributed by atoms with van der Waals surface area (Å²) in [6.45, 7) is 0. The monoisotopic (exact) mass is 242 g/mol. The van der Waals surface area contributed by atoms with Crippen molar-refractivity contribution in [1.29, 1.82) is 0 Å². The fourth-order valence-corrected chi connectivity index (χ4v) is 1.13. The lowest BCUT2D eigenvalue weighted by atomic mass is 10.2. The Balaban J connectivity index is 4.15. The summed E-state index contributed by atoms with van der Waals surface area (Å²) < 4.78 is 86.7. The van der Waals surface area contributed by atoms with Crippen molar-refractivity contribution in [2.45, 2.75) is 24.9 Å². The molecule has 0 aromatic heterocycles. The van der Waals surface area contributed by atoms with Crippen LogP contribution >= 0.6 is 0 Å². The topological polar surface area (TPSA) is 54.4 Å². The molecule has 0 aromatic rings. The molecule has 0 bridgehead atoms. The number of halogens is 5. The maximum Gasteiger partial charge on any atom is 0.453 e. The predicted octanol–water partition coefficient (Wildman–Crippen LogP) is 1.85. The first kappa shape index (κ1) is 13.6. The molecule has 0 heterocycles. The van der Waals surface area contributed by atoms with E-state index in [1.807, 2.05) is 0 Å². The third-order valence-corrected chi connectivity index (χ3v) is 2.11. The van der Waals surface area contributed by atoms with E-state index in [0.29, 0.717) is 0 Å². The Morgan fingerprint density at radius 1 is 1.07 bits per heavy atom. The minimum Gasteiger partial charge on any atom is -0.286 e. The molecule has 0 spiro atoms. The molecule has 0 aliphatic heterocycles. The highest BCUT2D eigenvalue weighted by Gasteiger charge is 2.56. The van der Waals surface area contributed by atoms with Crippen LogP contribution in [0.1, 0.15) is 12.8 Å². The van der Waals surface area contributed by atoms with E-state index in [0.717, 1.165) is 0 Å². The van der Waals surface area contributed by atoms with Crippen molar-refractivity contribution in [3.8, 4) is 0 Å². The summed E-state index contributed by atoms with van der Waals surface area (Å²) in [6, 6.07) is 0. The Morgan fingerprint density at radius 3 is 1.79 bits per heavy atom. The van der Waals surface area contributed by atoms with Gasteiger partial charge in [-0.2, -0.15) is 30.4 Å². The molecule has 0 saturated heterocycles. The van der Waals surface area contributed by atoms with E-state index < -0.39 is 40.8 Å². The number of rotatable bonds is 4. The van der Waals surface area contributed by atoms with Gasteiger partial charge in [0.15, 0.2) is 0 Å². The maximum atomic E-state index is 12.1. The molecule has 9 heteroatoms. The van der Waals surface area contributed by atoms with Crippen LogP contribution in [0.15, 0.2) is 0 Å². The largest absolute Gasteiger partial charge is 0.453 e. The van der Waals surface area contributed by atoms with Crippen molar-refractivity contribution in [3.63, 3.8) is 0 Å². The van der Waals surface area contributed by atoms with Crippen LogP contribution in [0.25, 0.3) is 0 Å². The lowest BCUT2D eigenvalue weighted by Crippen LogP contribution is -2.36. The average Bonchev–Trinajstić information content (AvgIpc) is 1.80. The number of alkyl halides is 5. The van der Waals surface area contributed by atoms with E-state index >= 15 is 0 Å². The summed E-state index contributed by atoms with van der Waals surface area (Å²) in [5.41, 5.74) is 0. The van der Waals surface area contributed by atoms with Gasteiger partial charge in [0.25, 0.3) is 10.1 Å². The first-order valence-electron chi connectivity index (χ1n) is 3.35. The highest BCUT2D eigenvalue weighted by atomic mass is 32.2. The van der Waals surface area contributed by atoms with Crippen molar-refractivity contribution in [3.05, 3.63) is 0 Å². The molecule has 0 amide bonds.